The molecular formula is C71H126O6. The van der Waals surface area contributed by atoms with Crippen molar-refractivity contribution in [1.29, 1.82) is 0 Å². The van der Waals surface area contributed by atoms with Crippen LogP contribution in [-0.2, 0) is 28.6 Å². The van der Waals surface area contributed by atoms with Crippen molar-refractivity contribution in [3.63, 3.8) is 0 Å². The van der Waals surface area contributed by atoms with Crippen molar-refractivity contribution in [2.45, 2.75) is 348 Å². The number of allylic oxidation sites excluding steroid dienone is 12. The number of esters is 3. The highest BCUT2D eigenvalue weighted by atomic mass is 16.6. The minimum Gasteiger partial charge on any atom is -0.462 e. The molecule has 0 saturated heterocycles. The first-order valence-corrected chi connectivity index (χ1v) is 33.4. The van der Waals surface area contributed by atoms with E-state index in [4.69, 9.17) is 14.2 Å². The zero-order chi connectivity index (χ0) is 55.7. The summed E-state index contributed by atoms with van der Waals surface area (Å²) >= 11 is 0. The average molecular weight is 1080 g/mol. The summed E-state index contributed by atoms with van der Waals surface area (Å²) in [5, 5.41) is 0. The van der Waals surface area contributed by atoms with E-state index < -0.39 is 6.10 Å². The second-order valence-electron chi connectivity index (χ2n) is 22.4. The van der Waals surface area contributed by atoms with Crippen LogP contribution in [0.15, 0.2) is 72.9 Å². The van der Waals surface area contributed by atoms with E-state index in [2.05, 4.69) is 93.7 Å². The molecule has 0 aliphatic rings. The van der Waals surface area contributed by atoms with Gasteiger partial charge in [-0.1, -0.05) is 280 Å². The number of carbonyl (C=O) groups excluding carboxylic acids is 3. The Kier molecular flexibility index (Phi) is 62.7. The molecule has 1 unspecified atom stereocenters. The maximum absolute atomic E-state index is 12.9. The third-order valence-electron chi connectivity index (χ3n) is 14.7. The fourth-order valence-corrected chi connectivity index (χ4v) is 9.59. The SMILES string of the molecule is CCCCC/C=C\C/C=C\CCCCCCCC(=O)OCC(COC(=O)CCCCCCCCCCCCC/C=C\C/C=C\CCCCCCC)OC(=O)CCCCCCCCCCC/C=C\C/C=C\CCCCCCC. The highest BCUT2D eigenvalue weighted by molar-refractivity contribution is 5.71. The van der Waals surface area contributed by atoms with Crippen molar-refractivity contribution in [3.8, 4) is 0 Å². The van der Waals surface area contributed by atoms with Crippen molar-refractivity contribution in [2.75, 3.05) is 13.2 Å². The third kappa shape index (κ3) is 63.6. The van der Waals surface area contributed by atoms with Crippen LogP contribution in [0.3, 0.4) is 0 Å². The summed E-state index contributed by atoms with van der Waals surface area (Å²) in [7, 11) is 0. The van der Waals surface area contributed by atoms with E-state index >= 15 is 0 Å². The summed E-state index contributed by atoms with van der Waals surface area (Å²) < 4.78 is 17.0. The molecular weight excluding hydrogens is 949 g/mol. The lowest BCUT2D eigenvalue weighted by Crippen LogP contribution is -2.30. The van der Waals surface area contributed by atoms with E-state index in [1.807, 2.05) is 0 Å². The van der Waals surface area contributed by atoms with E-state index in [9.17, 15) is 14.4 Å². The zero-order valence-corrected chi connectivity index (χ0v) is 51.2. The van der Waals surface area contributed by atoms with Crippen molar-refractivity contribution < 1.29 is 28.6 Å². The fourth-order valence-electron chi connectivity index (χ4n) is 9.59. The Bertz CT molecular complexity index is 1420. The Hall–Kier alpha value is -3.15. The molecule has 6 heteroatoms. The Morgan fingerprint density at radius 2 is 0.468 bits per heavy atom. The topological polar surface area (TPSA) is 78.9 Å². The molecule has 1 atom stereocenters. The standard InChI is InChI=1S/C71H126O6/c1-4-7-10-13-16-19-22-25-28-30-32-34-35-37-38-40-43-46-49-52-55-58-61-64-70(73)76-67-68(66-75-69(72)63-60-57-54-51-48-45-42-27-24-21-18-15-12-9-6-3)77-71(74)65-62-59-56-53-50-47-44-41-39-36-33-31-29-26-23-20-17-14-11-8-5-2/h18,21-23,25-27,30-33,42,68H,4-17,19-20,24,28-29,34-41,43-67H2,1-3H3/b21-18-,25-22-,26-23-,32-30-,33-31-,42-27-. The molecule has 0 aromatic rings. The molecule has 77 heavy (non-hydrogen) atoms. The number of unbranched alkanes of at least 4 members (excludes halogenated alkanes) is 38. The number of hydrogen-bond acceptors (Lipinski definition) is 6. The van der Waals surface area contributed by atoms with Gasteiger partial charge in [-0.05, 0) is 116 Å². The van der Waals surface area contributed by atoms with Crippen LogP contribution in [0.4, 0.5) is 0 Å². The number of hydrogen-bond donors (Lipinski definition) is 0. The first-order chi connectivity index (χ1) is 38.0. The lowest BCUT2D eigenvalue weighted by Gasteiger charge is -2.18. The second kappa shape index (κ2) is 65.4. The summed E-state index contributed by atoms with van der Waals surface area (Å²) in [5.74, 6) is -0.885. The van der Waals surface area contributed by atoms with Gasteiger partial charge in [0.05, 0.1) is 0 Å². The first-order valence-electron chi connectivity index (χ1n) is 33.4. The second-order valence-corrected chi connectivity index (χ2v) is 22.4. The van der Waals surface area contributed by atoms with Crippen LogP contribution in [0.1, 0.15) is 342 Å². The van der Waals surface area contributed by atoms with Gasteiger partial charge in [0.2, 0.25) is 0 Å². The molecule has 0 aromatic carbocycles. The van der Waals surface area contributed by atoms with Crippen LogP contribution in [-0.4, -0.2) is 37.2 Å². The Morgan fingerprint density at radius 1 is 0.260 bits per heavy atom. The van der Waals surface area contributed by atoms with Crippen molar-refractivity contribution in [2.24, 2.45) is 0 Å². The van der Waals surface area contributed by atoms with Gasteiger partial charge in [-0.25, -0.2) is 0 Å². The van der Waals surface area contributed by atoms with Crippen LogP contribution in [0, 0.1) is 0 Å². The molecule has 446 valence electrons. The van der Waals surface area contributed by atoms with E-state index in [-0.39, 0.29) is 31.1 Å². The van der Waals surface area contributed by atoms with Crippen molar-refractivity contribution >= 4 is 17.9 Å². The van der Waals surface area contributed by atoms with Crippen LogP contribution in [0.2, 0.25) is 0 Å². The highest BCUT2D eigenvalue weighted by Gasteiger charge is 2.19. The summed E-state index contributed by atoms with van der Waals surface area (Å²) in [4.78, 5) is 38.4. The predicted octanol–water partition coefficient (Wildman–Crippen LogP) is 22.9. The Labute approximate surface area is 478 Å². The van der Waals surface area contributed by atoms with Gasteiger partial charge in [-0.2, -0.15) is 0 Å². The molecule has 0 aliphatic carbocycles. The van der Waals surface area contributed by atoms with E-state index in [0.717, 1.165) is 89.9 Å². The predicted molar refractivity (Wildman–Crippen MR) is 335 cm³/mol. The largest absolute Gasteiger partial charge is 0.462 e. The summed E-state index contributed by atoms with van der Waals surface area (Å²) in [6, 6.07) is 0. The first kappa shape index (κ1) is 73.8. The minimum atomic E-state index is -0.786. The van der Waals surface area contributed by atoms with Crippen LogP contribution >= 0.6 is 0 Å². The molecule has 0 amide bonds. The van der Waals surface area contributed by atoms with Crippen LogP contribution in [0.25, 0.3) is 0 Å². The van der Waals surface area contributed by atoms with Crippen molar-refractivity contribution in [3.05, 3.63) is 72.9 Å². The minimum absolute atomic E-state index is 0.0812. The zero-order valence-electron chi connectivity index (χ0n) is 51.2. The molecule has 0 saturated carbocycles. The Balaban J connectivity index is 4.35. The van der Waals surface area contributed by atoms with Crippen molar-refractivity contribution in [1.82, 2.24) is 0 Å². The van der Waals surface area contributed by atoms with Crippen LogP contribution in [0.5, 0.6) is 0 Å². The Morgan fingerprint density at radius 3 is 0.740 bits per heavy atom. The summed E-state index contributed by atoms with van der Waals surface area (Å²) in [6.45, 7) is 6.62. The quantitative estimate of drug-likeness (QED) is 0.0261. The highest BCUT2D eigenvalue weighted by Crippen LogP contribution is 2.16. The molecule has 0 N–H and O–H groups in total. The third-order valence-corrected chi connectivity index (χ3v) is 14.7. The van der Waals surface area contributed by atoms with Gasteiger partial charge in [0, 0.05) is 19.3 Å². The van der Waals surface area contributed by atoms with E-state index in [1.54, 1.807) is 0 Å². The van der Waals surface area contributed by atoms with Gasteiger partial charge >= 0.3 is 17.9 Å². The van der Waals surface area contributed by atoms with E-state index in [0.29, 0.717) is 19.3 Å². The van der Waals surface area contributed by atoms with E-state index in [1.165, 1.54) is 212 Å². The molecule has 0 fully saturated rings. The number of rotatable bonds is 61. The molecule has 0 rings (SSSR count). The number of ether oxygens (including phenoxy) is 3. The molecule has 0 aliphatic heterocycles. The molecule has 0 bridgehead atoms. The lowest BCUT2D eigenvalue weighted by molar-refractivity contribution is -0.167. The van der Waals surface area contributed by atoms with Gasteiger partial charge in [-0.15, -0.1) is 0 Å². The monoisotopic (exact) mass is 1070 g/mol. The fraction of sp³-hybridized carbons (Fsp3) is 0.789. The average Bonchev–Trinajstić information content (AvgIpc) is 3.43. The lowest BCUT2D eigenvalue weighted by atomic mass is 10.0. The molecule has 0 aromatic heterocycles. The molecule has 0 spiro atoms. The van der Waals surface area contributed by atoms with Gasteiger partial charge < -0.3 is 14.2 Å². The smallest absolute Gasteiger partial charge is 0.306 e. The summed E-state index contributed by atoms with van der Waals surface area (Å²) in [6.07, 6.45) is 84.8. The van der Waals surface area contributed by atoms with Crippen LogP contribution < -0.4 is 0 Å². The normalized spacial score (nSPS) is 12.5. The number of carbonyl (C=O) groups is 3. The maximum Gasteiger partial charge on any atom is 0.306 e. The summed E-state index contributed by atoms with van der Waals surface area (Å²) in [5.41, 5.74) is 0. The molecule has 6 nitrogen and oxygen atoms in total. The van der Waals surface area contributed by atoms with Gasteiger partial charge in [0.15, 0.2) is 6.10 Å². The molecule has 0 radical (unpaired) electrons. The maximum atomic E-state index is 12.9. The van der Waals surface area contributed by atoms with Gasteiger partial charge in [0.25, 0.3) is 0 Å². The van der Waals surface area contributed by atoms with Gasteiger partial charge in [0.1, 0.15) is 13.2 Å². The van der Waals surface area contributed by atoms with Gasteiger partial charge in [-0.3, -0.25) is 14.4 Å². The molecule has 0 heterocycles.